The molecular weight excluding hydrogens is 321 g/mol. The molecule has 2 nitrogen and oxygen atoms in total. The van der Waals surface area contributed by atoms with Gasteiger partial charge in [-0.2, -0.15) is 0 Å². The fourth-order valence-corrected chi connectivity index (χ4v) is 2.46. The van der Waals surface area contributed by atoms with Crippen LogP contribution in [-0.4, -0.2) is 5.11 Å². The standard InChI is InChI=1S/C16H17BrFNO/c1-3-15(11-4-6-12(20)7-5-11)19-16-9-13(17)14(18)8-10(16)2/h4-9,15,19-20H,3H2,1-2H3. The number of anilines is 1. The summed E-state index contributed by atoms with van der Waals surface area (Å²) in [7, 11) is 0. The van der Waals surface area contributed by atoms with Crippen LogP contribution in [0.25, 0.3) is 0 Å². The van der Waals surface area contributed by atoms with Crippen LogP contribution in [0, 0.1) is 12.7 Å². The molecule has 0 saturated carbocycles. The van der Waals surface area contributed by atoms with Crippen molar-refractivity contribution >= 4 is 21.6 Å². The minimum atomic E-state index is -0.259. The quantitative estimate of drug-likeness (QED) is 0.806. The third-order valence-corrected chi connectivity index (χ3v) is 3.91. The molecule has 2 aromatic rings. The van der Waals surface area contributed by atoms with Gasteiger partial charge in [-0.1, -0.05) is 19.1 Å². The van der Waals surface area contributed by atoms with Gasteiger partial charge in [0.05, 0.1) is 10.5 Å². The number of rotatable bonds is 4. The molecule has 0 aromatic heterocycles. The Kier molecular flexibility index (Phi) is 4.65. The molecule has 0 spiro atoms. The molecule has 1 unspecified atom stereocenters. The van der Waals surface area contributed by atoms with Crippen molar-refractivity contribution in [1.82, 2.24) is 0 Å². The van der Waals surface area contributed by atoms with Crippen LogP contribution in [0.15, 0.2) is 40.9 Å². The molecule has 0 bridgehead atoms. The highest BCUT2D eigenvalue weighted by atomic mass is 79.9. The average molecular weight is 338 g/mol. The second-order valence-electron chi connectivity index (χ2n) is 4.78. The van der Waals surface area contributed by atoms with Crippen LogP contribution in [0.3, 0.4) is 0 Å². The van der Waals surface area contributed by atoms with Gasteiger partial charge in [-0.15, -0.1) is 0 Å². The van der Waals surface area contributed by atoms with E-state index in [1.54, 1.807) is 18.2 Å². The molecule has 0 fully saturated rings. The van der Waals surface area contributed by atoms with Crippen LogP contribution < -0.4 is 5.32 Å². The first kappa shape index (κ1) is 14.9. The number of hydrogen-bond acceptors (Lipinski definition) is 2. The first-order valence-corrected chi connectivity index (χ1v) is 7.31. The van der Waals surface area contributed by atoms with Crippen molar-refractivity contribution in [1.29, 1.82) is 0 Å². The molecule has 0 aliphatic rings. The number of aromatic hydroxyl groups is 1. The Hall–Kier alpha value is -1.55. The zero-order chi connectivity index (χ0) is 14.7. The molecule has 1 atom stereocenters. The molecule has 2 rings (SSSR count). The number of phenols is 1. The molecule has 2 aromatic carbocycles. The highest BCUT2D eigenvalue weighted by Gasteiger charge is 2.12. The first-order chi connectivity index (χ1) is 9.51. The predicted octanol–water partition coefficient (Wildman–Crippen LogP) is 5.17. The molecule has 0 heterocycles. The minimum absolute atomic E-state index is 0.117. The summed E-state index contributed by atoms with van der Waals surface area (Å²) in [5.41, 5.74) is 2.85. The van der Waals surface area contributed by atoms with Crippen molar-refractivity contribution in [3.05, 3.63) is 57.8 Å². The van der Waals surface area contributed by atoms with E-state index in [1.165, 1.54) is 6.07 Å². The maximum absolute atomic E-state index is 13.4. The lowest BCUT2D eigenvalue weighted by atomic mass is 10.0. The lowest BCUT2D eigenvalue weighted by Crippen LogP contribution is -2.10. The van der Waals surface area contributed by atoms with Gasteiger partial charge in [0, 0.05) is 5.69 Å². The maximum atomic E-state index is 13.4. The van der Waals surface area contributed by atoms with E-state index in [2.05, 4.69) is 28.2 Å². The zero-order valence-electron chi connectivity index (χ0n) is 11.5. The summed E-state index contributed by atoms with van der Waals surface area (Å²) in [4.78, 5) is 0. The van der Waals surface area contributed by atoms with Crippen molar-refractivity contribution in [3.8, 4) is 5.75 Å². The van der Waals surface area contributed by atoms with Crippen molar-refractivity contribution in [3.63, 3.8) is 0 Å². The number of phenolic OH excluding ortho intramolecular Hbond substituents is 1. The second-order valence-corrected chi connectivity index (χ2v) is 5.63. The van der Waals surface area contributed by atoms with Crippen molar-refractivity contribution in [2.24, 2.45) is 0 Å². The Balaban J connectivity index is 2.26. The summed E-state index contributed by atoms with van der Waals surface area (Å²) >= 11 is 3.21. The predicted molar refractivity (Wildman–Crippen MR) is 83.6 cm³/mol. The molecule has 2 N–H and O–H groups in total. The van der Waals surface area contributed by atoms with Crippen LogP contribution in [-0.2, 0) is 0 Å². The highest BCUT2D eigenvalue weighted by Crippen LogP contribution is 2.29. The summed E-state index contributed by atoms with van der Waals surface area (Å²) < 4.78 is 13.9. The van der Waals surface area contributed by atoms with Crippen LogP contribution in [0.4, 0.5) is 10.1 Å². The third-order valence-electron chi connectivity index (χ3n) is 3.30. The number of halogens is 2. The van der Waals surface area contributed by atoms with Gasteiger partial charge in [0.15, 0.2) is 0 Å². The molecule has 0 aliphatic carbocycles. The monoisotopic (exact) mass is 337 g/mol. The zero-order valence-corrected chi connectivity index (χ0v) is 13.0. The van der Waals surface area contributed by atoms with Gasteiger partial charge in [0.1, 0.15) is 11.6 Å². The topological polar surface area (TPSA) is 32.3 Å². The summed E-state index contributed by atoms with van der Waals surface area (Å²) in [6.07, 6.45) is 0.888. The van der Waals surface area contributed by atoms with E-state index in [0.717, 1.165) is 23.2 Å². The molecule has 0 radical (unpaired) electrons. The minimum Gasteiger partial charge on any atom is -0.508 e. The normalized spacial score (nSPS) is 12.2. The first-order valence-electron chi connectivity index (χ1n) is 6.52. The van der Waals surface area contributed by atoms with Gasteiger partial charge in [0.2, 0.25) is 0 Å². The Morgan fingerprint density at radius 3 is 2.50 bits per heavy atom. The lowest BCUT2D eigenvalue weighted by Gasteiger charge is -2.20. The van der Waals surface area contributed by atoms with Gasteiger partial charge in [0.25, 0.3) is 0 Å². The van der Waals surface area contributed by atoms with E-state index in [1.807, 2.05) is 19.1 Å². The van der Waals surface area contributed by atoms with Crippen LogP contribution in [0.1, 0.15) is 30.5 Å². The molecule has 0 amide bonds. The number of aryl methyl sites for hydroxylation is 1. The smallest absolute Gasteiger partial charge is 0.137 e. The van der Waals surface area contributed by atoms with Crippen molar-refractivity contribution in [2.75, 3.05) is 5.32 Å². The molecule has 4 heteroatoms. The summed E-state index contributed by atoms with van der Waals surface area (Å²) in [6.45, 7) is 3.96. The Bertz CT molecular complexity index is 598. The van der Waals surface area contributed by atoms with E-state index in [4.69, 9.17) is 0 Å². The SMILES string of the molecule is CCC(Nc1cc(Br)c(F)cc1C)c1ccc(O)cc1. The van der Waals surface area contributed by atoms with Gasteiger partial charge >= 0.3 is 0 Å². The van der Waals surface area contributed by atoms with Crippen LogP contribution >= 0.6 is 15.9 Å². The number of nitrogens with one attached hydrogen (secondary N) is 1. The Labute approximate surface area is 126 Å². The fourth-order valence-electron chi connectivity index (χ4n) is 2.12. The summed E-state index contributed by atoms with van der Waals surface area (Å²) in [5, 5.41) is 12.8. The van der Waals surface area contributed by atoms with Crippen LogP contribution in [0.5, 0.6) is 5.75 Å². The van der Waals surface area contributed by atoms with Crippen molar-refractivity contribution < 1.29 is 9.50 Å². The molecular formula is C16H17BrFNO. The molecule has 106 valence electrons. The van der Waals surface area contributed by atoms with E-state index in [-0.39, 0.29) is 17.6 Å². The van der Waals surface area contributed by atoms with Crippen LogP contribution in [0.2, 0.25) is 0 Å². The molecule has 0 saturated heterocycles. The molecule has 0 aliphatic heterocycles. The lowest BCUT2D eigenvalue weighted by molar-refractivity contribution is 0.475. The number of benzene rings is 2. The van der Waals surface area contributed by atoms with E-state index in [0.29, 0.717) is 4.47 Å². The largest absolute Gasteiger partial charge is 0.508 e. The Morgan fingerprint density at radius 1 is 1.25 bits per heavy atom. The van der Waals surface area contributed by atoms with E-state index >= 15 is 0 Å². The van der Waals surface area contributed by atoms with Crippen molar-refractivity contribution in [2.45, 2.75) is 26.3 Å². The second kappa shape index (κ2) is 6.27. The van der Waals surface area contributed by atoms with Gasteiger partial charge in [-0.3, -0.25) is 0 Å². The maximum Gasteiger partial charge on any atom is 0.137 e. The molecule has 20 heavy (non-hydrogen) atoms. The summed E-state index contributed by atoms with van der Waals surface area (Å²) in [5.74, 6) is -0.00459. The van der Waals surface area contributed by atoms with Gasteiger partial charge < -0.3 is 10.4 Å². The van der Waals surface area contributed by atoms with E-state index < -0.39 is 0 Å². The Morgan fingerprint density at radius 2 is 1.90 bits per heavy atom. The van der Waals surface area contributed by atoms with Gasteiger partial charge in [-0.05, 0) is 64.7 Å². The number of hydrogen-bond donors (Lipinski definition) is 2. The van der Waals surface area contributed by atoms with Gasteiger partial charge in [-0.25, -0.2) is 4.39 Å². The third kappa shape index (κ3) is 3.31. The highest BCUT2D eigenvalue weighted by molar-refractivity contribution is 9.10. The fraction of sp³-hybridized carbons (Fsp3) is 0.250. The van der Waals surface area contributed by atoms with E-state index in [9.17, 15) is 9.50 Å². The average Bonchev–Trinajstić information content (AvgIpc) is 2.42. The summed E-state index contributed by atoms with van der Waals surface area (Å²) in [6, 6.07) is 10.5.